The van der Waals surface area contributed by atoms with Crippen LogP contribution in [-0.2, 0) is 21.4 Å². The van der Waals surface area contributed by atoms with E-state index in [-0.39, 0.29) is 29.6 Å². The van der Waals surface area contributed by atoms with Crippen LogP contribution in [0.25, 0.3) is 0 Å². The maximum Gasteiger partial charge on any atom is 0.338 e. The smallest absolute Gasteiger partial charge is 0.338 e. The number of benzene rings is 2. The van der Waals surface area contributed by atoms with Gasteiger partial charge in [-0.2, -0.15) is 9.57 Å². The number of hydrogen-bond acceptors (Lipinski definition) is 7. The van der Waals surface area contributed by atoms with Crippen molar-refractivity contribution in [1.82, 2.24) is 9.21 Å². The van der Waals surface area contributed by atoms with Crippen LogP contribution >= 0.6 is 0 Å². The van der Waals surface area contributed by atoms with Crippen molar-refractivity contribution in [3.63, 3.8) is 0 Å². The van der Waals surface area contributed by atoms with Gasteiger partial charge in [0.05, 0.1) is 28.2 Å². The predicted octanol–water partition coefficient (Wildman–Crippen LogP) is 2.35. The zero-order chi connectivity index (χ0) is 23.9. The summed E-state index contributed by atoms with van der Waals surface area (Å²) < 4.78 is 33.0. The minimum absolute atomic E-state index is 0.108. The Morgan fingerprint density at radius 2 is 1.85 bits per heavy atom. The molecule has 9 heteroatoms. The average molecular weight is 470 g/mol. The fourth-order valence-corrected chi connectivity index (χ4v) is 6.34. The van der Waals surface area contributed by atoms with E-state index in [4.69, 9.17) is 10.00 Å². The largest absolute Gasteiger partial charge is 0.457 e. The topological polar surface area (TPSA) is 111 Å². The Morgan fingerprint density at radius 1 is 1.15 bits per heavy atom. The number of sulfonamides is 1. The van der Waals surface area contributed by atoms with E-state index < -0.39 is 16.1 Å². The predicted molar refractivity (Wildman–Crippen MR) is 121 cm³/mol. The summed E-state index contributed by atoms with van der Waals surface area (Å²) in [6, 6.07) is 11.0. The van der Waals surface area contributed by atoms with E-state index in [0.29, 0.717) is 30.8 Å². The first kappa shape index (κ1) is 23.4. The number of piperazine rings is 1. The second-order valence-electron chi connectivity index (χ2n) is 8.76. The quantitative estimate of drug-likeness (QED) is 0.669. The van der Waals surface area contributed by atoms with Crippen molar-refractivity contribution >= 4 is 16.0 Å². The third kappa shape index (κ3) is 4.27. The summed E-state index contributed by atoms with van der Waals surface area (Å²) in [5.41, 5.74) is 3.38. The Bertz CT molecular complexity index is 1220. The molecule has 0 bridgehead atoms. The minimum atomic E-state index is -3.70. The maximum atomic E-state index is 13.2. The zero-order valence-electron chi connectivity index (χ0n) is 18.9. The van der Waals surface area contributed by atoms with Gasteiger partial charge < -0.3 is 9.84 Å². The first-order chi connectivity index (χ1) is 15.6. The molecule has 1 saturated heterocycles. The molecule has 4 rings (SSSR count). The molecule has 1 N–H and O–H groups in total. The lowest BCUT2D eigenvalue weighted by Gasteiger charge is -2.44. The lowest BCUT2D eigenvalue weighted by molar-refractivity contribution is 0.0421. The van der Waals surface area contributed by atoms with Gasteiger partial charge in [0, 0.05) is 37.3 Å². The van der Waals surface area contributed by atoms with Gasteiger partial charge in [-0.25, -0.2) is 13.2 Å². The van der Waals surface area contributed by atoms with Crippen LogP contribution in [-0.4, -0.2) is 60.4 Å². The Balaban J connectivity index is 1.48. The van der Waals surface area contributed by atoms with Gasteiger partial charge in [0.1, 0.15) is 6.61 Å². The molecule has 0 aromatic heterocycles. The summed E-state index contributed by atoms with van der Waals surface area (Å²) in [4.78, 5) is 14.0. The highest BCUT2D eigenvalue weighted by Crippen LogP contribution is 2.31. The van der Waals surface area contributed by atoms with Crippen molar-refractivity contribution in [1.29, 1.82) is 5.26 Å². The average Bonchev–Trinajstić information content (AvgIpc) is 3.17. The van der Waals surface area contributed by atoms with E-state index in [1.54, 1.807) is 12.1 Å². The van der Waals surface area contributed by atoms with Crippen LogP contribution in [0.2, 0.25) is 0 Å². The maximum absolute atomic E-state index is 13.2. The molecule has 2 aromatic carbocycles. The van der Waals surface area contributed by atoms with E-state index in [9.17, 15) is 18.3 Å². The molecule has 0 spiro atoms. The molecule has 0 radical (unpaired) electrons. The molecule has 8 nitrogen and oxygen atoms in total. The van der Waals surface area contributed by atoms with Crippen molar-refractivity contribution in [2.75, 3.05) is 19.6 Å². The molecule has 0 unspecified atom stereocenters. The van der Waals surface area contributed by atoms with Crippen LogP contribution in [0.4, 0.5) is 0 Å². The lowest BCUT2D eigenvalue weighted by Crippen LogP contribution is -2.58. The standard InChI is InChI=1S/C24H27N3O5S/c1-15-12-27(33(30,31)19-6-4-18(10-25)5-7-19)16(2)11-26(15)13-23(28)20-8-9-21-22(17(20)3)14-32-24(21)29/h4-9,15-16,23,28H,11-14H2,1-3H3/t15-,16-,23-/m0/s1. The number of cyclic esters (lactones) is 1. The number of aliphatic hydroxyl groups excluding tert-OH is 1. The van der Waals surface area contributed by atoms with Crippen molar-refractivity contribution in [2.24, 2.45) is 0 Å². The van der Waals surface area contributed by atoms with Crippen LogP contribution in [0.15, 0.2) is 41.3 Å². The van der Waals surface area contributed by atoms with E-state index in [1.807, 2.05) is 26.8 Å². The second-order valence-corrected chi connectivity index (χ2v) is 10.7. The molecule has 174 valence electrons. The molecule has 2 heterocycles. The molecule has 0 saturated carbocycles. The van der Waals surface area contributed by atoms with Gasteiger partial charge >= 0.3 is 5.97 Å². The summed E-state index contributed by atoms with van der Waals surface area (Å²) >= 11 is 0. The Labute approximate surface area is 194 Å². The Morgan fingerprint density at radius 3 is 2.52 bits per heavy atom. The molecule has 2 aliphatic rings. The van der Waals surface area contributed by atoms with Gasteiger partial charge in [-0.1, -0.05) is 6.07 Å². The first-order valence-corrected chi connectivity index (χ1v) is 12.3. The molecular weight excluding hydrogens is 442 g/mol. The number of carbonyl (C=O) groups is 1. The van der Waals surface area contributed by atoms with Gasteiger partial charge in [-0.15, -0.1) is 0 Å². The van der Waals surface area contributed by atoms with Gasteiger partial charge in [0.25, 0.3) is 0 Å². The van der Waals surface area contributed by atoms with E-state index in [2.05, 4.69) is 4.90 Å². The molecule has 0 aliphatic carbocycles. The lowest BCUT2D eigenvalue weighted by atomic mass is 9.95. The highest BCUT2D eigenvalue weighted by Gasteiger charge is 2.38. The fourth-order valence-electron chi connectivity index (χ4n) is 4.64. The monoisotopic (exact) mass is 469 g/mol. The van der Waals surface area contributed by atoms with Crippen molar-refractivity contribution in [2.45, 2.75) is 50.5 Å². The Hall–Kier alpha value is -2.77. The molecule has 2 aromatic rings. The number of rotatable bonds is 5. The Kier molecular flexibility index (Phi) is 6.29. The third-order valence-corrected chi connectivity index (χ3v) is 8.62. The van der Waals surface area contributed by atoms with Gasteiger partial charge in [0.15, 0.2) is 0 Å². The fraction of sp³-hybridized carbons (Fsp3) is 0.417. The number of aliphatic hydroxyl groups is 1. The number of carbonyl (C=O) groups excluding carboxylic acids is 1. The molecule has 33 heavy (non-hydrogen) atoms. The minimum Gasteiger partial charge on any atom is -0.457 e. The number of hydrogen-bond donors (Lipinski definition) is 1. The zero-order valence-corrected chi connectivity index (χ0v) is 19.7. The summed E-state index contributed by atoms with van der Waals surface area (Å²) in [7, 11) is -3.70. The normalized spacial score (nSPS) is 22.5. The molecule has 2 aliphatic heterocycles. The van der Waals surface area contributed by atoms with Crippen LogP contribution in [0.1, 0.15) is 52.6 Å². The van der Waals surface area contributed by atoms with Crippen LogP contribution in [0.5, 0.6) is 0 Å². The van der Waals surface area contributed by atoms with Crippen molar-refractivity contribution in [3.05, 3.63) is 64.2 Å². The summed E-state index contributed by atoms with van der Waals surface area (Å²) in [6.45, 7) is 7.02. The number of nitriles is 1. The summed E-state index contributed by atoms with van der Waals surface area (Å²) in [5, 5.41) is 19.9. The van der Waals surface area contributed by atoms with Gasteiger partial charge in [-0.3, -0.25) is 4.90 Å². The van der Waals surface area contributed by atoms with Crippen LogP contribution < -0.4 is 0 Å². The number of fused-ring (bicyclic) bond motifs is 1. The highest BCUT2D eigenvalue weighted by molar-refractivity contribution is 7.89. The number of β-amino-alcohol motifs (C(OH)–C–C–N with tert-alkyl or cyclic N) is 1. The molecular formula is C24H27N3O5S. The van der Waals surface area contributed by atoms with Crippen LogP contribution in [0, 0.1) is 18.3 Å². The van der Waals surface area contributed by atoms with Crippen LogP contribution in [0.3, 0.4) is 0 Å². The molecule has 0 amide bonds. The van der Waals surface area contributed by atoms with E-state index >= 15 is 0 Å². The third-order valence-electron chi connectivity index (χ3n) is 6.62. The number of ether oxygens (including phenoxy) is 1. The molecule has 3 atom stereocenters. The van der Waals surface area contributed by atoms with Gasteiger partial charge in [0.2, 0.25) is 10.0 Å². The number of esters is 1. The van der Waals surface area contributed by atoms with E-state index in [1.165, 1.54) is 28.6 Å². The summed E-state index contributed by atoms with van der Waals surface area (Å²) in [5.74, 6) is -0.337. The van der Waals surface area contributed by atoms with Crippen molar-refractivity contribution in [3.8, 4) is 6.07 Å². The van der Waals surface area contributed by atoms with E-state index in [0.717, 1.165) is 16.7 Å². The highest BCUT2D eigenvalue weighted by atomic mass is 32.2. The second kappa shape index (κ2) is 8.88. The SMILES string of the molecule is Cc1c([C@@H](O)CN2C[C@H](C)N(S(=O)(=O)c3ccc(C#N)cc3)C[C@@H]2C)ccc2c1COC2=O. The van der Waals surface area contributed by atoms with Gasteiger partial charge in [-0.05, 0) is 62.2 Å². The summed E-state index contributed by atoms with van der Waals surface area (Å²) in [6.07, 6.45) is -0.776. The number of nitrogens with zero attached hydrogens (tertiary/aromatic N) is 3. The molecule has 1 fully saturated rings. The van der Waals surface area contributed by atoms with Crippen molar-refractivity contribution < 1.29 is 23.1 Å². The first-order valence-electron chi connectivity index (χ1n) is 10.9.